The van der Waals surface area contributed by atoms with E-state index in [9.17, 15) is 5.11 Å². The fourth-order valence-corrected chi connectivity index (χ4v) is 2.18. The Morgan fingerprint density at radius 1 is 1.40 bits per heavy atom. The number of hydrogen-bond acceptors (Lipinski definition) is 4. The first-order chi connectivity index (χ1) is 9.65. The molecule has 1 atom stereocenters. The number of nitrogens with zero attached hydrogens (tertiary/aromatic N) is 2. The molecule has 0 saturated carbocycles. The number of methoxy groups -OCH3 is 1. The van der Waals surface area contributed by atoms with E-state index in [1.54, 1.807) is 13.2 Å². The maximum atomic E-state index is 9.57. The number of benzene rings is 1. The normalized spacial score (nSPS) is 12.3. The van der Waals surface area contributed by atoms with Crippen molar-refractivity contribution in [3.8, 4) is 11.5 Å². The van der Waals surface area contributed by atoms with Gasteiger partial charge in [0.05, 0.1) is 12.8 Å². The van der Waals surface area contributed by atoms with Crippen LogP contribution in [0.15, 0.2) is 30.5 Å². The second-order valence-corrected chi connectivity index (χ2v) is 4.68. The van der Waals surface area contributed by atoms with E-state index >= 15 is 0 Å². The zero-order chi connectivity index (χ0) is 14.5. The topological polar surface area (TPSA) is 59.3 Å². The molecule has 5 heteroatoms. The standard InChI is InChI=1S/C15H21N3O2/c1-4-18-13(7-8-17-18)11(2)16-10-12-5-6-14(19)15(9-12)20-3/h5-9,11,16,19H,4,10H2,1-3H3. The Morgan fingerprint density at radius 2 is 2.20 bits per heavy atom. The quantitative estimate of drug-likeness (QED) is 0.850. The van der Waals surface area contributed by atoms with Gasteiger partial charge in [0, 0.05) is 25.3 Å². The molecule has 0 saturated heterocycles. The highest BCUT2D eigenvalue weighted by atomic mass is 16.5. The molecule has 0 aliphatic rings. The summed E-state index contributed by atoms with van der Waals surface area (Å²) in [7, 11) is 1.55. The van der Waals surface area contributed by atoms with Crippen molar-refractivity contribution in [2.75, 3.05) is 7.11 Å². The van der Waals surface area contributed by atoms with Crippen molar-refractivity contribution >= 4 is 0 Å². The molecule has 0 bridgehead atoms. The van der Waals surface area contributed by atoms with Gasteiger partial charge in [0.15, 0.2) is 11.5 Å². The summed E-state index contributed by atoms with van der Waals surface area (Å²) < 4.78 is 7.09. The fraction of sp³-hybridized carbons (Fsp3) is 0.400. The summed E-state index contributed by atoms with van der Waals surface area (Å²) in [5.41, 5.74) is 2.23. The van der Waals surface area contributed by atoms with E-state index in [0.717, 1.165) is 12.1 Å². The van der Waals surface area contributed by atoms with Crippen LogP contribution >= 0.6 is 0 Å². The minimum Gasteiger partial charge on any atom is -0.504 e. The van der Waals surface area contributed by atoms with Crippen LogP contribution in [0.4, 0.5) is 0 Å². The Balaban J connectivity index is 2.01. The molecule has 0 aliphatic carbocycles. The molecule has 0 fully saturated rings. The van der Waals surface area contributed by atoms with Crippen LogP contribution in [0.1, 0.15) is 31.1 Å². The van der Waals surface area contributed by atoms with Crippen molar-refractivity contribution in [1.82, 2.24) is 15.1 Å². The van der Waals surface area contributed by atoms with Crippen LogP contribution < -0.4 is 10.1 Å². The molecule has 1 unspecified atom stereocenters. The molecule has 0 radical (unpaired) electrons. The van der Waals surface area contributed by atoms with Gasteiger partial charge in [0.2, 0.25) is 0 Å². The van der Waals surface area contributed by atoms with Gasteiger partial charge in [0.1, 0.15) is 0 Å². The summed E-state index contributed by atoms with van der Waals surface area (Å²) in [6.45, 7) is 5.75. The van der Waals surface area contributed by atoms with Gasteiger partial charge in [-0.25, -0.2) is 0 Å². The second kappa shape index (κ2) is 6.43. The van der Waals surface area contributed by atoms with Crippen molar-refractivity contribution in [2.45, 2.75) is 33.0 Å². The zero-order valence-corrected chi connectivity index (χ0v) is 12.1. The van der Waals surface area contributed by atoms with E-state index in [-0.39, 0.29) is 11.8 Å². The van der Waals surface area contributed by atoms with Gasteiger partial charge in [-0.1, -0.05) is 6.07 Å². The Kier molecular flexibility index (Phi) is 4.63. The molecular formula is C15H21N3O2. The summed E-state index contributed by atoms with van der Waals surface area (Å²) >= 11 is 0. The highest BCUT2D eigenvalue weighted by Crippen LogP contribution is 2.26. The van der Waals surface area contributed by atoms with Crippen molar-refractivity contribution in [3.05, 3.63) is 41.7 Å². The van der Waals surface area contributed by atoms with Crippen LogP contribution in [0.25, 0.3) is 0 Å². The molecule has 1 aromatic carbocycles. The molecule has 1 heterocycles. The first-order valence-electron chi connectivity index (χ1n) is 6.76. The van der Waals surface area contributed by atoms with E-state index in [2.05, 4.69) is 24.3 Å². The van der Waals surface area contributed by atoms with Gasteiger partial charge in [-0.05, 0) is 37.6 Å². The lowest BCUT2D eigenvalue weighted by atomic mass is 10.1. The molecule has 0 amide bonds. The predicted octanol–water partition coefficient (Wildman–Crippen LogP) is 2.47. The molecule has 2 N–H and O–H groups in total. The number of rotatable bonds is 6. The molecule has 5 nitrogen and oxygen atoms in total. The molecule has 2 aromatic rings. The summed E-state index contributed by atoms with van der Waals surface area (Å²) in [6, 6.07) is 7.60. The monoisotopic (exact) mass is 275 g/mol. The lowest BCUT2D eigenvalue weighted by Gasteiger charge is -2.15. The number of aromatic nitrogens is 2. The van der Waals surface area contributed by atoms with Crippen LogP contribution in [0, 0.1) is 0 Å². The van der Waals surface area contributed by atoms with Crippen LogP contribution in [0.2, 0.25) is 0 Å². The van der Waals surface area contributed by atoms with Crippen LogP contribution in [-0.4, -0.2) is 22.0 Å². The van der Waals surface area contributed by atoms with E-state index in [1.807, 2.05) is 29.1 Å². The zero-order valence-electron chi connectivity index (χ0n) is 12.1. The number of nitrogens with one attached hydrogen (secondary N) is 1. The first kappa shape index (κ1) is 14.4. The summed E-state index contributed by atoms with van der Waals surface area (Å²) in [5.74, 6) is 0.656. The van der Waals surface area contributed by atoms with Crippen LogP contribution in [0.3, 0.4) is 0 Å². The molecule has 1 aromatic heterocycles. The third-order valence-corrected chi connectivity index (χ3v) is 3.35. The SMILES string of the molecule is CCn1nccc1C(C)NCc1ccc(O)c(OC)c1. The van der Waals surface area contributed by atoms with E-state index in [1.165, 1.54) is 5.69 Å². The van der Waals surface area contributed by atoms with Gasteiger partial charge in [0.25, 0.3) is 0 Å². The van der Waals surface area contributed by atoms with Crippen molar-refractivity contribution in [3.63, 3.8) is 0 Å². The van der Waals surface area contributed by atoms with Crippen LogP contribution in [-0.2, 0) is 13.1 Å². The van der Waals surface area contributed by atoms with Gasteiger partial charge in [-0.15, -0.1) is 0 Å². The Labute approximate surface area is 119 Å². The minimum atomic E-state index is 0.161. The van der Waals surface area contributed by atoms with Gasteiger partial charge in [-0.2, -0.15) is 5.10 Å². The third kappa shape index (κ3) is 3.11. The average Bonchev–Trinajstić information content (AvgIpc) is 2.94. The maximum absolute atomic E-state index is 9.57. The van der Waals surface area contributed by atoms with Gasteiger partial charge >= 0.3 is 0 Å². The second-order valence-electron chi connectivity index (χ2n) is 4.68. The average molecular weight is 275 g/mol. The number of phenols is 1. The maximum Gasteiger partial charge on any atom is 0.160 e. The Morgan fingerprint density at radius 3 is 2.90 bits per heavy atom. The number of phenolic OH excluding ortho intramolecular Hbond substituents is 1. The molecular weight excluding hydrogens is 254 g/mol. The Hall–Kier alpha value is -2.01. The third-order valence-electron chi connectivity index (χ3n) is 3.35. The predicted molar refractivity (Wildman–Crippen MR) is 77.8 cm³/mol. The molecule has 2 rings (SSSR count). The first-order valence-corrected chi connectivity index (χ1v) is 6.76. The van der Waals surface area contributed by atoms with Gasteiger partial charge < -0.3 is 15.2 Å². The number of ether oxygens (including phenoxy) is 1. The molecule has 108 valence electrons. The van der Waals surface area contributed by atoms with Crippen molar-refractivity contribution in [2.24, 2.45) is 0 Å². The summed E-state index contributed by atoms with van der Waals surface area (Å²) in [4.78, 5) is 0. The fourth-order valence-electron chi connectivity index (χ4n) is 2.18. The summed E-state index contributed by atoms with van der Waals surface area (Å²) in [6.07, 6.45) is 1.82. The highest BCUT2D eigenvalue weighted by Gasteiger charge is 2.10. The van der Waals surface area contributed by atoms with E-state index < -0.39 is 0 Å². The van der Waals surface area contributed by atoms with E-state index in [0.29, 0.717) is 12.3 Å². The minimum absolute atomic E-state index is 0.161. The summed E-state index contributed by atoms with van der Waals surface area (Å²) in [5, 5.41) is 17.3. The highest BCUT2D eigenvalue weighted by molar-refractivity contribution is 5.41. The van der Waals surface area contributed by atoms with Crippen molar-refractivity contribution in [1.29, 1.82) is 0 Å². The molecule has 0 spiro atoms. The molecule has 20 heavy (non-hydrogen) atoms. The number of aromatic hydroxyl groups is 1. The number of aryl methyl sites for hydroxylation is 1. The largest absolute Gasteiger partial charge is 0.504 e. The smallest absolute Gasteiger partial charge is 0.160 e. The van der Waals surface area contributed by atoms with E-state index in [4.69, 9.17) is 4.74 Å². The van der Waals surface area contributed by atoms with Crippen molar-refractivity contribution < 1.29 is 9.84 Å². The molecule has 0 aliphatic heterocycles. The Bertz CT molecular complexity index is 566. The van der Waals surface area contributed by atoms with Gasteiger partial charge in [-0.3, -0.25) is 4.68 Å². The van der Waals surface area contributed by atoms with Crippen LogP contribution in [0.5, 0.6) is 11.5 Å². The number of hydrogen-bond donors (Lipinski definition) is 2. The lowest BCUT2D eigenvalue weighted by molar-refractivity contribution is 0.372. The lowest BCUT2D eigenvalue weighted by Crippen LogP contribution is -2.21.